The number of hydrogen-bond acceptors (Lipinski definition) is 3. The maximum Gasteiger partial charge on any atom is 0.213 e. The van der Waals surface area contributed by atoms with Crippen molar-refractivity contribution >= 4 is 28.3 Å². The zero-order chi connectivity index (χ0) is 11.2. The Kier molecular flexibility index (Phi) is 6.85. The van der Waals surface area contributed by atoms with Gasteiger partial charge < -0.3 is 10.1 Å². The van der Waals surface area contributed by atoms with Crippen molar-refractivity contribution in [3.05, 3.63) is 22.8 Å². The van der Waals surface area contributed by atoms with Gasteiger partial charge in [0, 0.05) is 22.8 Å². The maximum atomic E-state index is 5.59. The third kappa shape index (κ3) is 5.23. The van der Waals surface area contributed by atoms with E-state index in [0.29, 0.717) is 11.9 Å². The van der Waals surface area contributed by atoms with E-state index >= 15 is 0 Å². The van der Waals surface area contributed by atoms with Crippen LogP contribution >= 0.6 is 28.3 Å². The second-order valence-corrected chi connectivity index (χ2v) is 5.01. The number of piperidine rings is 1. The summed E-state index contributed by atoms with van der Waals surface area (Å²) >= 11 is 3.35. The first-order valence-corrected chi connectivity index (χ1v) is 6.61. The second-order valence-electron chi connectivity index (χ2n) is 4.10. The van der Waals surface area contributed by atoms with Gasteiger partial charge in [-0.05, 0) is 47.8 Å². The van der Waals surface area contributed by atoms with Crippen molar-refractivity contribution < 1.29 is 4.74 Å². The molecule has 1 N–H and O–H groups in total. The lowest BCUT2D eigenvalue weighted by Crippen LogP contribution is -2.35. The number of pyridine rings is 1. The van der Waals surface area contributed by atoms with Gasteiger partial charge in [-0.1, -0.05) is 6.42 Å². The highest BCUT2D eigenvalue weighted by Crippen LogP contribution is 2.14. The van der Waals surface area contributed by atoms with Crippen LogP contribution in [-0.4, -0.2) is 24.2 Å². The summed E-state index contributed by atoms with van der Waals surface area (Å²) in [7, 11) is 0. The van der Waals surface area contributed by atoms with Crippen LogP contribution in [0.1, 0.15) is 25.7 Å². The molecule has 0 amide bonds. The van der Waals surface area contributed by atoms with Gasteiger partial charge in [0.25, 0.3) is 0 Å². The minimum absolute atomic E-state index is 0. The Bertz CT molecular complexity index is 315. The number of halogens is 2. The predicted octanol–water partition coefficient (Wildman–Crippen LogP) is 3.18. The lowest BCUT2D eigenvalue weighted by atomic mass is 10.0. The standard InChI is InChI=1S/C12H17BrN2O.ClH/c13-10-4-5-12(15-9-10)16-8-6-11-3-1-2-7-14-11;/h4-5,9,11,14H,1-3,6-8H2;1H. The van der Waals surface area contributed by atoms with Crippen LogP contribution < -0.4 is 10.1 Å². The summed E-state index contributed by atoms with van der Waals surface area (Å²) in [5.74, 6) is 0.707. The molecule has 2 rings (SSSR count). The fourth-order valence-electron chi connectivity index (χ4n) is 1.92. The molecule has 3 nitrogen and oxygen atoms in total. The largest absolute Gasteiger partial charge is 0.478 e. The summed E-state index contributed by atoms with van der Waals surface area (Å²) in [4.78, 5) is 4.17. The SMILES string of the molecule is Brc1ccc(OCCC2CCCCN2)nc1.Cl. The molecule has 0 aliphatic carbocycles. The van der Waals surface area contributed by atoms with Gasteiger partial charge in [-0.25, -0.2) is 4.98 Å². The third-order valence-corrected chi connectivity index (χ3v) is 3.30. The molecule has 96 valence electrons. The number of ether oxygens (including phenoxy) is 1. The Hall–Kier alpha value is -0.320. The molecule has 0 bridgehead atoms. The second kappa shape index (κ2) is 7.90. The van der Waals surface area contributed by atoms with Gasteiger partial charge >= 0.3 is 0 Å². The fourth-order valence-corrected chi connectivity index (χ4v) is 2.16. The van der Waals surface area contributed by atoms with Crippen LogP contribution in [0.2, 0.25) is 0 Å². The highest BCUT2D eigenvalue weighted by Gasteiger charge is 2.11. The van der Waals surface area contributed by atoms with E-state index < -0.39 is 0 Å². The summed E-state index contributed by atoms with van der Waals surface area (Å²) in [5, 5.41) is 3.51. The molecule has 1 atom stereocenters. The summed E-state index contributed by atoms with van der Waals surface area (Å²) in [6, 6.07) is 4.46. The van der Waals surface area contributed by atoms with Crippen LogP contribution in [0.3, 0.4) is 0 Å². The Morgan fingerprint density at radius 2 is 2.29 bits per heavy atom. The number of rotatable bonds is 4. The topological polar surface area (TPSA) is 34.1 Å². The molecule has 1 aromatic rings. The van der Waals surface area contributed by atoms with E-state index in [4.69, 9.17) is 4.74 Å². The summed E-state index contributed by atoms with van der Waals surface area (Å²) < 4.78 is 6.57. The molecule has 1 aliphatic rings. The lowest BCUT2D eigenvalue weighted by molar-refractivity contribution is 0.260. The fraction of sp³-hybridized carbons (Fsp3) is 0.583. The predicted molar refractivity (Wildman–Crippen MR) is 74.9 cm³/mol. The van der Waals surface area contributed by atoms with E-state index in [9.17, 15) is 0 Å². The first kappa shape index (κ1) is 14.7. The molecule has 17 heavy (non-hydrogen) atoms. The smallest absolute Gasteiger partial charge is 0.213 e. The van der Waals surface area contributed by atoms with Crippen LogP contribution in [0.15, 0.2) is 22.8 Å². The highest BCUT2D eigenvalue weighted by molar-refractivity contribution is 9.10. The Labute approximate surface area is 117 Å². The highest BCUT2D eigenvalue weighted by atomic mass is 79.9. The zero-order valence-corrected chi connectivity index (χ0v) is 12.1. The van der Waals surface area contributed by atoms with Gasteiger partial charge in [-0.3, -0.25) is 0 Å². The minimum Gasteiger partial charge on any atom is -0.478 e. The van der Waals surface area contributed by atoms with Crippen molar-refractivity contribution in [1.82, 2.24) is 10.3 Å². The maximum absolute atomic E-state index is 5.59. The van der Waals surface area contributed by atoms with E-state index in [-0.39, 0.29) is 12.4 Å². The molecule has 1 aromatic heterocycles. The van der Waals surface area contributed by atoms with Crippen LogP contribution in [0.5, 0.6) is 5.88 Å². The Balaban J connectivity index is 0.00000144. The molecule has 1 aliphatic heterocycles. The van der Waals surface area contributed by atoms with E-state index in [0.717, 1.165) is 24.0 Å². The molecule has 2 heterocycles. The summed E-state index contributed by atoms with van der Waals surface area (Å²) in [6.45, 7) is 1.90. The molecule has 1 fully saturated rings. The van der Waals surface area contributed by atoms with Crippen molar-refractivity contribution in [2.24, 2.45) is 0 Å². The molecule has 0 saturated carbocycles. The third-order valence-electron chi connectivity index (χ3n) is 2.83. The van der Waals surface area contributed by atoms with E-state index in [2.05, 4.69) is 26.2 Å². The van der Waals surface area contributed by atoms with Gasteiger partial charge in [0.1, 0.15) is 0 Å². The van der Waals surface area contributed by atoms with Crippen molar-refractivity contribution in [1.29, 1.82) is 0 Å². The molecule has 1 unspecified atom stereocenters. The summed E-state index contributed by atoms with van der Waals surface area (Å²) in [6.07, 6.45) is 6.75. The van der Waals surface area contributed by atoms with E-state index in [1.54, 1.807) is 6.20 Å². The Morgan fingerprint density at radius 3 is 2.94 bits per heavy atom. The van der Waals surface area contributed by atoms with Crippen molar-refractivity contribution in [2.75, 3.05) is 13.2 Å². The molecule has 0 radical (unpaired) electrons. The number of nitrogens with zero attached hydrogens (tertiary/aromatic N) is 1. The van der Waals surface area contributed by atoms with Crippen LogP contribution in [-0.2, 0) is 0 Å². The number of nitrogens with one attached hydrogen (secondary N) is 1. The van der Waals surface area contributed by atoms with Gasteiger partial charge in [-0.2, -0.15) is 0 Å². The van der Waals surface area contributed by atoms with Gasteiger partial charge in [0.2, 0.25) is 5.88 Å². The molecule has 1 saturated heterocycles. The van der Waals surface area contributed by atoms with E-state index in [1.807, 2.05) is 12.1 Å². The molecular formula is C12H18BrClN2O. The lowest BCUT2D eigenvalue weighted by Gasteiger charge is -2.23. The monoisotopic (exact) mass is 320 g/mol. The first-order chi connectivity index (χ1) is 7.84. The zero-order valence-electron chi connectivity index (χ0n) is 9.69. The Morgan fingerprint density at radius 1 is 1.41 bits per heavy atom. The van der Waals surface area contributed by atoms with Crippen molar-refractivity contribution in [2.45, 2.75) is 31.7 Å². The van der Waals surface area contributed by atoms with Gasteiger partial charge in [-0.15, -0.1) is 12.4 Å². The van der Waals surface area contributed by atoms with Crippen molar-refractivity contribution in [3.63, 3.8) is 0 Å². The average Bonchev–Trinajstić information content (AvgIpc) is 2.33. The van der Waals surface area contributed by atoms with E-state index in [1.165, 1.54) is 19.3 Å². The van der Waals surface area contributed by atoms with Crippen molar-refractivity contribution in [3.8, 4) is 5.88 Å². The molecule has 0 spiro atoms. The average molecular weight is 322 g/mol. The molecule has 5 heteroatoms. The normalized spacial score (nSPS) is 19.5. The quantitative estimate of drug-likeness (QED) is 0.925. The van der Waals surface area contributed by atoms with Gasteiger partial charge in [0.05, 0.1) is 6.61 Å². The van der Waals surface area contributed by atoms with Gasteiger partial charge in [0.15, 0.2) is 0 Å². The first-order valence-electron chi connectivity index (χ1n) is 5.82. The number of hydrogen-bond donors (Lipinski definition) is 1. The van der Waals surface area contributed by atoms with Crippen LogP contribution in [0, 0.1) is 0 Å². The molecular weight excluding hydrogens is 304 g/mol. The minimum atomic E-state index is 0. The van der Waals surface area contributed by atoms with Crippen LogP contribution in [0.4, 0.5) is 0 Å². The van der Waals surface area contributed by atoms with Crippen LogP contribution in [0.25, 0.3) is 0 Å². The molecule has 0 aromatic carbocycles. The number of aromatic nitrogens is 1. The summed E-state index contributed by atoms with van der Waals surface area (Å²) in [5.41, 5.74) is 0.